The normalized spacial score (nSPS) is 13.7. The first-order valence-corrected chi connectivity index (χ1v) is 15.4. The van der Waals surface area contributed by atoms with Gasteiger partial charge in [-0.3, -0.25) is 8.80 Å². The molecule has 7 rings (SSSR count). The van der Waals surface area contributed by atoms with Gasteiger partial charge in [0.25, 0.3) is 0 Å². The Kier molecular flexibility index (Phi) is 7.90. The van der Waals surface area contributed by atoms with Gasteiger partial charge in [0.1, 0.15) is 23.0 Å². The lowest BCUT2D eigenvalue weighted by atomic mass is 10.1. The highest BCUT2D eigenvalue weighted by atomic mass is 19.1. The lowest BCUT2D eigenvalue weighted by molar-refractivity contribution is 0.403. The largest absolute Gasteiger partial charge is 0.479 e. The number of fused-ring (bicyclic) bond motifs is 6. The summed E-state index contributed by atoms with van der Waals surface area (Å²) in [6.45, 7) is 12.7. The molecular formula is C34H40FN7O. The van der Waals surface area contributed by atoms with Crippen LogP contribution in [0.1, 0.15) is 68.3 Å². The number of hydrogen-bond acceptors (Lipinski definition) is 6. The molecule has 4 aromatic heterocycles. The summed E-state index contributed by atoms with van der Waals surface area (Å²) in [5, 5.41) is 0. The van der Waals surface area contributed by atoms with Crippen LogP contribution in [0.4, 0.5) is 10.1 Å². The summed E-state index contributed by atoms with van der Waals surface area (Å²) in [4.78, 5) is 21.1. The van der Waals surface area contributed by atoms with Crippen LogP contribution in [-0.2, 0) is 12.8 Å². The first-order valence-electron chi connectivity index (χ1n) is 15.4. The molecule has 1 fully saturated rings. The van der Waals surface area contributed by atoms with Crippen molar-refractivity contribution in [2.24, 2.45) is 0 Å². The average Bonchev–Trinajstić information content (AvgIpc) is 3.54. The molecule has 6 aromatic rings. The monoisotopic (exact) mass is 581 g/mol. The van der Waals surface area contributed by atoms with Crippen LogP contribution in [0.15, 0.2) is 36.4 Å². The van der Waals surface area contributed by atoms with Crippen molar-refractivity contribution in [1.82, 2.24) is 28.7 Å². The Balaban J connectivity index is 0.000000155. The van der Waals surface area contributed by atoms with E-state index >= 15 is 0 Å². The maximum absolute atomic E-state index is 13.6. The van der Waals surface area contributed by atoms with Crippen LogP contribution < -0.4 is 9.64 Å². The maximum atomic E-state index is 13.6. The fraction of sp³-hybridized carbons (Fsp3) is 0.412. The van der Waals surface area contributed by atoms with Gasteiger partial charge >= 0.3 is 0 Å². The third-order valence-corrected chi connectivity index (χ3v) is 8.38. The summed E-state index contributed by atoms with van der Waals surface area (Å²) in [7, 11) is 1.59. The van der Waals surface area contributed by atoms with Crippen molar-refractivity contribution >= 4 is 38.8 Å². The fourth-order valence-corrected chi connectivity index (χ4v) is 6.44. The minimum atomic E-state index is -0.278. The number of imidazole rings is 2. The second-order valence-electron chi connectivity index (χ2n) is 11.4. The Hall–Kier alpha value is -4.27. The topological polar surface area (TPSA) is 72.8 Å². The van der Waals surface area contributed by atoms with E-state index in [0.717, 1.165) is 77.6 Å². The van der Waals surface area contributed by atoms with Gasteiger partial charge in [0.2, 0.25) is 5.88 Å². The van der Waals surface area contributed by atoms with Crippen LogP contribution in [0.5, 0.6) is 5.88 Å². The maximum Gasteiger partial charge on any atom is 0.240 e. The Labute approximate surface area is 251 Å². The number of benzene rings is 2. The summed E-state index contributed by atoms with van der Waals surface area (Å²) in [6, 6.07) is 11.3. The van der Waals surface area contributed by atoms with E-state index in [9.17, 15) is 4.39 Å². The third-order valence-electron chi connectivity index (χ3n) is 8.38. The molecule has 2 aromatic carbocycles. The van der Waals surface area contributed by atoms with E-state index in [4.69, 9.17) is 14.7 Å². The number of aryl methyl sites for hydroxylation is 5. The molecule has 0 spiro atoms. The lowest BCUT2D eigenvalue weighted by Gasteiger charge is -2.29. The second-order valence-corrected chi connectivity index (χ2v) is 11.4. The van der Waals surface area contributed by atoms with Gasteiger partial charge in [0.05, 0.1) is 51.8 Å². The van der Waals surface area contributed by atoms with E-state index in [1.165, 1.54) is 48.1 Å². The molecular weight excluding hydrogens is 541 g/mol. The van der Waals surface area contributed by atoms with Gasteiger partial charge in [0.15, 0.2) is 0 Å². The van der Waals surface area contributed by atoms with Gasteiger partial charge in [-0.25, -0.2) is 24.3 Å². The van der Waals surface area contributed by atoms with Crippen LogP contribution >= 0.6 is 0 Å². The summed E-state index contributed by atoms with van der Waals surface area (Å²) in [5.41, 5.74) is 9.97. The number of anilines is 1. The predicted octanol–water partition coefficient (Wildman–Crippen LogP) is 7.34. The van der Waals surface area contributed by atoms with Gasteiger partial charge in [-0.05, 0) is 76.8 Å². The molecule has 0 atom stereocenters. The quantitative estimate of drug-likeness (QED) is 0.212. The Bertz CT molecular complexity index is 1950. The van der Waals surface area contributed by atoms with Crippen molar-refractivity contribution in [2.45, 2.75) is 73.1 Å². The Morgan fingerprint density at radius 2 is 1.37 bits per heavy atom. The molecule has 0 amide bonds. The average molecular weight is 582 g/mol. The standard InChI is InChI=1S/C19H24N4.C15H16FN3O/c1-4-18-21-14(3)19-13(2)20-16-9-8-15(12-17(16)23(18)19)22-10-6-5-7-11-22;1-4-5-13-17-9(2)14-15(20-3)18-11-7-6-10(16)8-12(11)19(13)14/h8-9,12H,4-7,10-11H2,1-3H3;6-8H,4-5H2,1-3H3. The highest BCUT2D eigenvalue weighted by Gasteiger charge is 2.18. The molecule has 43 heavy (non-hydrogen) atoms. The summed E-state index contributed by atoms with van der Waals surface area (Å²) < 4.78 is 23.2. The number of aromatic nitrogens is 6. The van der Waals surface area contributed by atoms with Crippen molar-refractivity contribution in [1.29, 1.82) is 0 Å². The molecule has 1 aliphatic rings. The number of methoxy groups -OCH3 is 1. The molecule has 0 bridgehead atoms. The number of rotatable bonds is 5. The summed E-state index contributed by atoms with van der Waals surface area (Å²) >= 11 is 0. The van der Waals surface area contributed by atoms with Crippen LogP contribution in [0.3, 0.4) is 0 Å². The van der Waals surface area contributed by atoms with Gasteiger partial charge in [0, 0.05) is 37.7 Å². The van der Waals surface area contributed by atoms with E-state index in [-0.39, 0.29) is 5.82 Å². The van der Waals surface area contributed by atoms with Crippen molar-refractivity contribution in [3.63, 3.8) is 0 Å². The van der Waals surface area contributed by atoms with Crippen LogP contribution in [0.2, 0.25) is 0 Å². The molecule has 0 aliphatic carbocycles. The number of hydrogen-bond donors (Lipinski definition) is 0. The summed E-state index contributed by atoms with van der Waals surface area (Å²) in [6.07, 6.45) is 6.68. The van der Waals surface area contributed by atoms with E-state index < -0.39 is 0 Å². The molecule has 0 saturated carbocycles. The van der Waals surface area contributed by atoms with Crippen LogP contribution in [-0.4, -0.2) is 48.9 Å². The number of ether oxygens (including phenoxy) is 1. The number of halogens is 1. The highest BCUT2D eigenvalue weighted by Crippen LogP contribution is 2.29. The Morgan fingerprint density at radius 3 is 2.09 bits per heavy atom. The molecule has 9 heteroatoms. The van der Waals surface area contributed by atoms with E-state index in [2.05, 4.69) is 65.2 Å². The van der Waals surface area contributed by atoms with Gasteiger partial charge < -0.3 is 9.64 Å². The van der Waals surface area contributed by atoms with E-state index in [1.54, 1.807) is 13.2 Å². The zero-order valence-electron chi connectivity index (χ0n) is 26.0. The molecule has 0 N–H and O–H groups in total. The zero-order chi connectivity index (χ0) is 30.2. The molecule has 5 heterocycles. The first kappa shape index (κ1) is 28.8. The van der Waals surface area contributed by atoms with Crippen molar-refractivity contribution in [3.8, 4) is 5.88 Å². The fourth-order valence-electron chi connectivity index (χ4n) is 6.44. The Morgan fingerprint density at radius 1 is 0.744 bits per heavy atom. The molecule has 1 saturated heterocycles. The SMILES string of the molecule is CCCc1nc(C)c2c(OC)nc3ccc(F)cc3n12.CCc1nc(C)c2c(C)nc3ccc(N4CCCCC4)cc3n12. The minimum Gasteiger partial charge on any atom is -0.479 e. The van der Waals surface area contributed by atoms with Gasteiger partial charge in [-0.15, -0.1) is 0 Å². The van der Waals surface area contributed by atoms with Crippen molar-refractivity contribution in [2.75, 3.05) is 25.1 Å². The molecule has 224 valence electrons. The van der Waals surface area contributed by atoms with Crippen molar-refractivity contribution < 1.29 is 9.13 Å². The summed E-state index contributed by atoms with van der Waals surface area (Å²) in [5.74, 6) is 2.29. The number of piperidine rings is 1. The molecule has 1 aliphatic heterocycles. The third kappa shape index (κ3) is 5.15. The van der Waals surface area contributed by atoms with Gasteiger partial charge in [-0.2, -0.15) is 0 Å². The number of nitrogens with zero attached hydrogens (tertiary/aromatic N) is 7. The van der Waals surface area contributed by atoms with E-state index in [0.29, 0.717) is 11.4 Å². The second kappa shape index (κ2) is 11.8. The van der Waals surface area contributed by atoms with Gasteiger partial charge in [-0.1, -0.05) is 13.8 Å². The van der Waals surface area contributed by atoms with E-state index in [1.807, 2.05) is 11.3 Å². The molecule has 8 nitrogen and oxygen atoms in total. The first-order chi connectivity index (χ1) is 20.8. The molecule has 0 radical (unpaired) electrons. The zero-order valence-corrected chi connectivity index (χ0v) is 26.0. The van der Waals surface area contributed by atoms with Crippen molar-refractivity contribution in [3.05, 3.63) is 70.9 Å². The highest BCUT2D eigenvalue weighted by molar-refractivity contribution is 5.84. The minimum absolute atomic E-state index is 0.278. The van der Waals surface area contributed by atoms with Crippen LogP contribution in [0.25, 0.3) is 33.1 Å². The lowest BCUT2D eigenvalue weighted by Crippen LogP contribution is -2.29. The smallest absolute Gasteiger partial charge is 0.240 e. The molecule has 0 unspecified atom stereocenters. The predicted molar refractivity (Wildman–Crippen MR) is 171 cm³/mol. The van der Waals surface area contributed by atoms with Crippen LogP contribution in [0, 0.1) is 26.6 Å².